The second kappa shape index (κ2) is 4.90. The van der Waals surface area contributed by atoms with E-state index in [-0.39, 0.29) is 0 Å². The van der Waals surface area contributed by atoms with Gasteiger partial charge in [0.05, 0.1) is 12.1 Å². The number of hydrogen-bond acceptors (Lipinski definition) is 3. The molecule has 1 fully saturated rings. The van der Waals surface area contributed by atoms with Crippen molar-refractivity contribution in [1.29, 1.82) is 0 Å². The van der Waals surface area contributed by atoms with Gasteiger partial charge in [0.1, 0.15) is 12.4 Å². The first-order chi connectivity index (χ1) is 8.79. The molecular formula is C15H22N2O. The molecule has 0 bridgehead atoms. The summed E-state index contributed by atoms with van der Waals surface area (Å²) < 4.78 is 5.93. The number of fused-ring (bicyclic) bond motifs is 1. The Labute approximate surface area is 109 Å². The molecule has 1 saturated heterocycles. The number of nitrogens with zero attached hydrogens (tertiary/aromatic N) is 1. The number of ether oxygens (including phenoxy) is 1. The Bertz CT molecular complexity index is 421. The molecule has 2 heterocycles. The van der Waals surface area contributed by atoms with Crippen molar-refractivity contribution < 1.29 is 4.74 Å². The Morgan fingerprint density at radius 1 is 1.33 bits per heavy atom. The van der Waals surface area contributed by atoms with Crippen LogP contribution in [0.2, 0.25) is 0 Å². The van der Waals surface area contributed by atoms with Crippen LogP contribution in [0.15, 0.2) is 24.3 Å². The van der Waals surface area contributed by atoms with Crippen LogP contribution in [0.5, 0.6) is 5.75 Å². The minimum absolute atomic E-state index is 0.389. The van der Waals surface area contributed by atoms with Gasteiger partial charge in [-0.2, -0.15) is 0 Å². The van der Waals surface area contributed by atoms with Crippen LogP contribution in [0, 0.1) is 5.92 Å². The van der Waals surface area contributed by atoms with Crippen molar-refractivity contribution in [3.05, 3.63) is 29.8 Å². The highest BCUT2D eigenvalue weighted by Gasteiger charge is 2.36. The monoisotopic (exact) mass is 246 g/mol. The second-order valence-electron chi connectivity index (χ2n) is 5.57. The van der Waals surface area contributed by atoms with Gasteiger partial charge in [0.2, 0.25) is 0 Å². The Morgan fingerprint density at radius 3 is 2.89 bits per heavy atom. The average molecular weight is 246 g/mol. The minimum Gasteiger partial charge on any atom is -0.492 e. The summed E-state index contributed by atoms with van der Waals surface area (Å²) in [5.41, 5.74) is 1.30. The molecule has 3 unspecified atom stereocenters. The lowest BCUT2D eigenvalue weighted by molar-refractivity contribution is 0.105. The number of hydrogen-bond donors (Lipinski definition) is 1. The number of rotatable bonds is 2. The molecule has 0 spiro atoms. The molecule has 0 aliphatic carbocycles. The molecule has 3 rings (SSSR count). The van der Waals surface area contributed by atoms with E-state index >= 15 is 0 Å². The molecule has 1 aromatic carbocycles. The SMILES string of the molecule is CNC1c2ccccc2OCC1N1CCC(C)C1. The molecule has 2 aliphatic heterocycles. The molecule has 3 nitrogen and oxygen atoms in total. The van der Waals surface area contributed by atoms with E-state index < -0.39 is 0 Å². The fraction of sp³-hybridized carbons (Fsp3) is 0.600. The van der Waals surface area contributed by atoms with Crippen molar-refractivity contribution in [2.24, 2.45) is 5.92 Å². The van der Waals surface area contributed by atoms with E-state index in [2.05, 4.69) is 42.4 Å². The predicted molar refractivity (Wildman–Crippen MR) is 72.9 cm³/mol. The van der Waals surface area contributed by atoms with Crippen LogP contribution >= 0.6 is 0 Å². The Hall–Kier alpha value is -1.06. The van der Waals surface area contributed by atoms with Crippen molar-refractivity contribution in [1.82, 2.24) is 10.2 Å². The third-order valence-corrected chi connectivity index (χ3v) is 4.28. The third kappa shape index (κ3) is 2.02. The molecular weight excluding hydrogens is 224 g/mol. The van der Waals surface area contributed by atoms with Crippen LogP contribution in [-0.2, 0) is 0 Å². The molecule has 18 heavy (non-hydrogen) atoms. The van der Waals surface area contributed by atoms with E-state index in [4.69, 9.17) is 4.74 Å². The average Bonchev–Trinajstić information content (AvgIpc) is 2.84. The van der Waals surface area contributed by atoms with Gasteiger partial charge in [0.25, 0.3) is 0 Å². The first-order valence-corrected chi connectivity index (χ1v) is 6.92. The zero-order valence-electron chi connectivity index (χ0n) is 11.2. The van der Waals surface area contributed by atoms with Gasteiger partial charge in [-0.1, -0.05) is 25.1 Å². The number of likely N-dealkylation sites (N-methyl/N-ethyl adjacent to an activating group) is 1. The molecule has 1 aromatic rings. The lowest BCUT2D eigenvalue weighted by Gasteiger charge is -2.38. The van der Waals surface area contributed by atoms with Gasteiger partial charge >= 0.3 is 0 Å². The number of nitrogens with one attached hydrogen (secondary N) is 1. The van der Waals surface area contributed by atoms with Crippen molar-refractivity contribution in [2.45, 2.75) is 25.4 Å². The van der Waals surface area contributed by atoms with Gasteiger partial charge in [-0.3, -0.25) is 4.90 Å². The lowest BCUT2D eigenvalue weighted by atomic mass is 9.95. The smallest absolute Gasteiger partial charge is 0.124 e. The van der Waals surface area contributed by atoms with Crippen molar-refractivity contribution >= 4 is 0 Å². The summed E-state index contributed by atoms with van der Waals surface area (Å²) in [6.45, 7) is 5.55. The number of likely N-dealkylation sites (tertiary alicyclic amines) is 1. The van der Waals surface area contributed by atoms with Crippen LogP contribution < -0.4 is 10.1 Å². The van der Waals surface area contributed by atoms with E-state index in [1.54, 1.807) is 0 Å². The predicted octanol–water partition coefficient (Wildman–Crippen LogP) is 2.05. The Kier molecular flexibility index (Phi) is 3.27. The van der Waals surface area contributed by atoms with Gasteiger partial charge in [0.15, 0.2) is 0 Å². The zero-order valence-corrected chi connectivity index (χ0v) is 11.2. The van der Waals surface area contributed by atoms with Crippen LogP contribution in [0.3, 0.4) is 0 Å². The molecule has 0 aromatic heterocycles. The van der Waals surface area contributed by atoms with Gasteiger partial charge in [-0.15, -0.1) is 0 Å². The molecule has 2 aliphatic rings. The maximum absolute atomic E-state index is 5.93. The summed E-state index contributed by atoms with van der Waals surface area (Å²) in [4.78, 5) is 2.59. The van der Waals surface area contributed by atoms with Crippen LogP contribution in [0.25, 0.3) is 0 Å². The fourth-order valence-electron chi connectivity index (χ4n) is 3.28. The van der Waals surface area contributed by atoms with E-state index in [1.807, 2.05) is 6.07 Å². The summed E-state index contributed by atoms with van der Waals surface area (Å²) in [7, 11) is 2.05. The molecule has 3 heteroatoms. The molecule has 98 valence electrons. The molecule has 3 atom stereocenters. The summed E-state index contributed by atoms with van der Waals surface area (Å²) in [5.74, 6) is 1.86. The van der Waals surface area contributed by atoms with Crippen molar-refractivity contribution in [3.8, 4) is 5.75 Å². The molecule has 0 radical (unpaired) electrons. The van der Waals surface area contributed by atoms with E-state index in [1.165, 1.54) is 25.1 Å². The summed E-state index contributed by atoms with van der Waals surface area (Å²) in [5, 5.41) is 3.48. The molecule has 0 amide bonds. The normalized spacial score (nSPS) is 32.0. The quantitative estimate of drug-likeness (QED) is 0.864. The van der Waals surface area contributed by atoms with Crippen molar-refractivity contribution in [3.63, 3.8) is 0 Å². The number of para-hydroxylation sites is 1. The van der Waals surface area contributed by atoms with Gasteiger partial charge < -0.3 is 10.1 Å². The van der Waals surface area contributed by atoms with Crippen molar-refractivity contribution in [2.75, 3.05) is 26.7 Å². The minimum atomic E-state index is 0.389. The van der Waals surface area contributed by atoms with Gasteiger partial charge in [0, 0.05) is 12.1 Å². The van der Waals surface area contributed by atoms with Gasteiger partial charge in [-0.25, -0.2) is 0 Å². The summed E-state index contributed by atoms with van der Waals surface area (Å²) in [6.07, 6.45) is 1.31. The highest BCUT2D eigenvalue weighted by Crippen LogP contribution is 2.35. The van der Waals surface area contributed by atoms with Crippen LogP contribution in [0.4, 0.5) is 0 Å². The maximum Gasteiger partial charge on any atom is 0.124 e. The lowest BCUT2D eigenvalue weighted by Crippen LogP contribution is -2.48. The van der Waals surface area contributed by atoms with E-state index in [9.17, 15) is 0 Å². The Balaban J connectivity index is 1.85. The maximum atomic E-state index is 5.93. The molecule has 0 saturated carbocycles. The topological polar surface area (TPSA) is 24.5 Å². The highest BCUT2D eigenvalue weighted by molar-refractivity contribution is 5.38. The Morgan fingerprint density at radius 2 is 2.17 bits per heavy atom. The van der Waals surface area contributed by atoms with E-state index in [0.717, 1.165) is 18.3 Å². The highest BCUT2D eigenvalue weighted by atomic mass is 16.5. The van der Waals surface area contributed by atoms with E-state index in [0.29, 0.717) is 12.1 Å². The first kappa shape index (κ1) is 12.0. The largest absolute Gasteiger partial charge is 0.492 e. The van der Waals surface area contributed by atoms with Crippen LogP contribution in [-0.4, -0.2) is 37.7 Å². The standard InChI is InChI=1S/C15H22N2O/c1-11-7-8-17(9-11)13-10-18-14-6-4-3-5-12(14)15(13)16-2/h3-6,11,13,15-16H,7-10H2,1-2H3. The first-order valence-electron chi connectivity index (χ1n) is 6.92. The summed E-state index contributed by atoms with van der Waals surface area (Å²) in [6, 6.07) is 9.26. The third-order valence-electron chi connectivity index (χ3n) is 4.28. The fourth-order valence-corrected chi connectivity index (χ4v) is 3.28. The second-order valence-corrected chi connectivity index (χ2v) is 5.57. The van der Waals surface area contributed by atoms with Gasteiger partial charge in [-0.05, 0) is 32.0 Å². The number of benzene rings is 1. The van der Waals surface area contributed by atoms with Crippen LogP contribution in [0.1, 0.15) is 24.9 Å². The molecule has 1 N–H and O–H groups in total. The zero-order chi connectivity index (χ0) is 12.5. The summed E-state index contributed by atoms with van der Waals surface area (Å²) >= 11 is 0.